The lowest BCUT2D eigenvalue weighted by Crippen LogP contribution is -2.11. The molecule has 0 atom stereocenters. The number of hydrogen-bond acceptors (Lipinski definition) is 4. The molecule has 2 rings (SSSR count). The predicted octanol–water partition coefficient (Wildman–Crippen LogP) is 3.39. The van der Waals surface area contributed by atoms with Crippen LogP contribution in [0.5, 0.6) is 0 Å². The first kappa shape index (κ1) is 9.68. The molecule has 0 aliphatic carbocycles. The molecular weight excluding hydrogens is 212 g/mol. The Morgan fingerprint density at radius 2 is 2.36 bits per heavy atom. The van der Waals surface area contributed by atoms with Gasteiger partial charge in [0.2, 0.25) is 0 Å². The van der Waals surface area contributed by atoms with Crippen LogP contribution >= 0.6 is 23.7 Å². The zero-order valence-corrected chi connectivity index (χ0v) is 9.20. The fraction of sp³-hybridized carbons (Fsp3) is 0.100. The van der Waals surface area contributed by atoms with Crippen molar-refractivity contribution in [1.29, 1.82) is 0 Å². The molecule has 1 aromatic rings. The number of anilines is 1. The highest BCUT2D eigenvalue weighted by atomic mass is 32.2. The molecule has 14 heavy (non-hydrogen) atoms. The van der Waals surface area contributed by atoms with Gasteiger partial charge in [-0.2, -0.15) is 4.40 Å². The molecule has 1 N–H and O–H groups in total. The van der Waals surface area contributed by atoms with Crippen molar-refractivity contribution in [3.8, 4) is 0 Å². The van der Waals surface area contributed by atoms with Gasteiger partial charge in [0.05, 0.1) is 10.6 Å². The van der Waals surface area contributed by atoms with Crippen LogP contribution in [0.25, 0.3) is 0 Å². The van der Waals surface area contributed by atoms with Crippen LogP contribution in [0.1, 0.15) is 0 Å². The van der Waals surface area contributed by atoms with E-state index < -0.39 is 0 Å². The summed E-state index contributed by atoms with van der Waals surface area (Å²) in [4.78, 5) is 1.18. The summed E-state index contributed by atoms with van der Waals surface area (Å²) < 4.78 is 4.35. The minimum atomic E-state index is 0.883. The summed E-state index contributed by atoms with van der Waals surface area (Å²) in [5, 5.41) is 4.23. The monoisotopic (exact) mass is 222 g/mol. The second-order valence-corrected chi connectivity index (χ2v) is 4.52. The zero-order chi connectivity index (χ0) is 9.80. The molecule has 2 nitrogen and oxygen atoms in total. The first-order chi connectivity index (χ1) is 6.90. The molecule has 1 aliphatic heterocycles. The molecule has 0 fully saturated rings. The van der Waals surface area contributed by atoms with E-state index in [2.05, 4.69) is 28.4 Å². The number of hydrogen-bond donors (Lipinski definition) is 1. The number of fused-ring (bicyclic) bond motifs is 1. The van der Waals surface area contributed by atoms with Crippen LogP contribution in [0.3, 0.4) is 0 Å². The number of nitrogens with one attached hydrogen (secondary N) is 1. The number of rotatable bonds is 2. The molecule has 0 radical (unpaired) electrons. The lowest BCUT2D eigenvalue weighted by atomic mass is 10.3. The Labute approximate surface area is 92.0 Å². The van der Waals surface area contributed by atoms with Crippen LogP contribution in [0.4, 0.5) is 5.69 Å². The average Bonchev–Trinajstić information content (AvgIpc) is 2.26. The van der Waals surface area contributed by atoms with E-state index in [0.717, 1.165) is 16.6 Å². The molecule has 1 aromatic carbocycles. The van der Waals surface area contributed by atoms with E-state index in [1.165, 1.54) is 16.8 Å². The second-order valence-electron chi connectivity index (χ2n) is 2.71. The normalized spacial score (nSPS) is 13.9. The maximum atomic E-state index is 4.35. The van der Waals surface area contributed by atoms with E-state index >= 15 is 0 Å². The number of amidine groups is 1. The third-order valence-corrected chi connectivity index (χ3v) is 3.50. The fourth-order valence-electron chi connectivity index (χ4n) is 1.08. The SMILES string of the molecule is C=CCSC1=NSc2ccccc2N1. The van der Waals surface area contributed by atoms with E-state index in [4.69, 9.17) is 0 Å². The summed E-state index contributed by atoms with van der Waals surface area (Å²) >= 11 is 3.18. The smallest absolute Gasteiger partial charge is 0.173 e. The molecule has 0 spiro atoms. The van der Waals surface area contributed by atoms with Crippen LogP contribution in [0.2, 0.25) is 0 Å². The molecule has 0 aromatic heterocycles. The van der Waals surface area contributed by atoms with E-state index in [1.807, 2.05) is 18.2 Å². The van der Waals surface area contributed by atoms with Crippen molar-refractivity contribution >= 4 is 34.6 Å². The molecular formula is C10H10N2S2. The lowest BCUT2D eigenvalue weighted by molar-refractivity contribution is 1.42. The predicted molar refractivity (Wildman–Crippen MR) is 66.0 cm³/mol. The Bertz CT molecular complexity index is 374. The van der Waals surface area contributed by atoms with Gasteiger partial charge >= 0.3 is 0 Å². The highest BCUT2D eigenvalue weighted by Gasteiger charge is 2.10. The van der Waals surface area contributed by atoms with Crippen LogP contribution in [-0.2, 0) is 0 Å². The van der Waals surface area contributed by atoms with Crippen molar-refractivity contribution in [1.82, 2.24) is 0 Å². The average molecular weight is 222 g/mol. The fourth-order valence-corrected chi connectivity index (χ4v) is 2.44. The molecule has 1 aliphatic rings. The van der Waals surface area contributed by atoms with Crippen molar-refractivity contribution in [3.05, 3.63) is 36.9 Å². The number of benzene rings is 1. The molecule has 0 saturated carbocycles. The minimum absolute atomic E-state index is 0.883. The summed E-state index contributed by atoms with van der Waals surface area (Å²) in [6.45, 7) is 3.68. The number of nitrogens with zero attached hydrogens (tertiary/aromatic N) is 1. The number of para-hydroxylation sites is 1. The van der Waals surface area contributed by atoms with Crippen molar-refractivity contribution < 1.29 is 0 Å². The zero-order valence-electron chi connectivity index (χ0n) is 7.56. The van der Waals surface area contributed by atoms with E-state index in [0.29, 0.717) is 0 Å². The van der Waals surface area contributed by atoms with Gasteiger partial charge in [-0.05, 0) is 12.1 Å². The van der Waals surface area contributed by atoms with Crippen molar-refractivity contribution in [2.45, 2.75) is 4.90 Å². The van der Waals surface area contributed by atoms with Gasteiger partial charge in [0, 0.05) is 17.7 Å². The summed E-state index contributed by atoms with van der Waals surface area (Å²) in [5.74, 6) is 0.883. The second kappa shape index (κ2) is 4.57. The van der Waals surface area contributed by atoms with Gasteiger partial charge < -0.3 is 5.32 Å². The Balaban J connectivity index is 2.09. The van der Waals surface area contributed by atoms with Crippen LogP contribution in [0, 0.1) is 0 Å². The van der Waals surface area contributed by atoms with E-state index in [-0.39, 0.29) is 0 Å². The molecule has 0 amide bonds. The summed E-state index contributed by atoms with van der Waals surface area (Å²) in [7, 11) is 0. The molecule has 0 saturated heterocycles. The Kier molecular flexibility index (Phi) is 3.16. The quantitative estimate of drug-likeness (QED) is 0.613. The van der Waals surface area contributed by atoms with Crippen LogP contribution in [-0.4, -0.2) is 10.9 Å². The maximum Gasteiger partial charge on any atom is 0.173 e. The minimum Gasteiger partial charge on any atom is -0.333 e. The Hall–Kier alpha value is -0.870. The molecule has 0 bridgehead atoms. The van der Waals surface area contributed by atoms with E-state index in [1.54, 1.807) is 11.8 Å². The summed E-state index contributed by atoms with van der Waals surface area (Å²) in [5.41, 5.74) is 1.14. The molecule has 72 valence electrons. The molecule has 0 unspecified atom stereocenters. The molecule has 4 heteroatoms. The summed E-state index contributed by atoms with van der Waals surface area (Å²) in [6.07, 6.45) is 1.88. The first-order valence-electron chi connectivity index (χ1n) is 4.25. The van der Waals surface area contributed by atoms with Crippen molar-refractivity contribution in [3.63, 3.8) is 0 Å². The lowest BCUT2D eigenvalue weighted by Gasteiger charge is -2.15. The highest BCUT2D eigenvalue weighted by Crippen LogP contribution is 2.33. The van der Waals surface area contributed by atoms with Gasteiger partial charge in [0.1, 0.15) is 0 Å². The van der Waals surface area contributed by atoms with Gasteiger partial charge in [0.25, 0.3) is 0 Å². The van der Waals surface area contributed by atoms with Crippen molar-refractivity contribution in [2.75, 3.05) is 11.1 Å². The van der Waals surface area contributed by atoms with Gasteiger partial charge in [0.15, 0.2) is 5.17 Å². The van der Waals surface area contributed by atoms with Gasteiger partial charge in [-0.1, -0.05) is 30.0 Å². The highest BCUT2D eigenvalue weighted by molar-refractivity contribution is 8.15. The van der Waals surface area contributed by atoms with Crippen LogP contribution in [0.15, 0.2) is 46.2 Å². The third kappa shape index (κ3) is 2.13. The molecule has 1 heterocycles. The van der Waals surface area contributed by atoms with Crippen molar-refractivity contribution in [2.24, 2.45) is 4.40 Å². The van der Waals surface area contributed by atoms with Crippen LogP contribution < -0.4 is 5.32 Å². The third-order valence-electron chi connectivity index (χ3n) is 1.69. The van der Waals surface area contributed by atoms with E-state index in [9.17, 15) is 0 Å². The first-order valence-corrected chi connectivity index (χ1v) is 6.01. The largest absolute Gasteiger partial charge is 0.333 e. The Morgan fingerprint density at radius 3 is 3.21 bits per heavy atom. The standard InChI is InChI=1S/C10H10N2S2/c1-2-7-13-10-11-8-5-3-4-6-9(8)14-12-10/h2-6H,1,7H2,(H,11,12). The maximum absolute atomic E-state index is 4.35. The van der Waals surface area contributed by atoms with Gasteiger partial charge in [-0.3, -0.25) is 0 Å². The topological polar surface area (TPSA) is 24.4 Å². The van der Waals surface area contributed by atoms with Gasteiger partial charge in [-0.15, -0.1) is 6.58 Å². The Morgan fingerprint density at radius 1 is 1.50 bits per heavy atom. The summed E-state index contributed by atoms with van der Waals surface area (Å²) in [6, 6.07) is 8.16. The number of thioether (sulfide) groups is 1. The van der Waals surface area contributed by atoms with Gasteiger partial charge in [-0.25, -0.2) is 0 Å².